The van der Waals surface area contributed by atoms with Crippen LogP contribution in [-0.4, -0.2) is 22.0 Å². The number of amides is 1. The fourth-order valence-electron chi connectivity index (χ4n) is 2.78. The van der Waals surface area contributed by atoms with Crippen LogP contribution in [0.25, 0.3) is 6.08 Å². The van der Waals surface area contributed by atoms with Crippen LogP contribution in [0.1, 0.15) is 37.7 Å². The normalized spacial score (nSPS) is 22.1. The summed E-state index contributed by atoms with van der Waals surface area (Å²) in [4.78, 5) is 27.6. The van der Waals surface area contributed by atoms with E-state index in [-0.39, 0.29) is 22.7 Å². The molecule has 2 fully saturated rings. The van der Waals surface area contributed by atoms with E-state index in [4.69, 9.17) is 11.6 Å². The molecule has 24 heavy (non-hydrogen) atoms. The Labute approximate surface area is 148 Å². The third-order valence-corrected chi connectivity index (χ3v) is 5.23. The topological polar surface area (TPSA) is 84.6 Å². The van der Waals surface area contributed by atoms with Crippen molar-refractivity contribution in [2.45, 2.75) is 38.1 Å². The second-order valence-corrected chi connectivity index (χ2v) is 7.20. The lowest BCUT2D eigenvalue weighted by Gasteiger charge is -2.17. The Morgan fingerprint density at radius 3 is 2.79 bits per heavy atom. The van der Waals surface area contributed by atoms with Gasteiger partial charge in [0.05, 0.1) is 15.9 Å². The summed E-state index contributed by atoms with van der Waals surface area (Å²) in [5.41, 5.74) is 0.383. The molecule has 0 unspecified atom stereocenters. The van der Waals surface area contributed by atoms with Crippen molar-refractivity contribution in [3.05, 3.63) is 43.8 Å². The standard InChI is InChI=1S/C16H16ClN3O3S/c17-12-7-6-10(8-13(12)20(22)23)9-14-15(21)19-16(24-14)18-11-4-2-1-3-5-11/h6-9,11H,1-5H2,(H,18,19,21)/b14-9-. The molecule has 8 heteroatoms. The van der Waals surface area contributed by atoms with E-state index in [1.165, 1.54) is 43.2 Å². The van der Waals surface area contributed by atoms with E-state index in [2.05, 4.69) is 10.3 Å². The molecule has 1 saturated carbocycles. The Bertz CT molecular complexity index is 742. The van der Waals surface area contributed by atoms with Gasteiger partial charge in [-0.25, -0.2) is 0 Å². The highest BCUT2D eigenvalue weighted by atomic mass is 35.5. The minimum atomic E-state index is -0.540. The van der Waals surface area contributed by atoms with Gasteiger partial charge in [-0.15, -0.1) is 0 Å². The minimum Gasteiger partial charge on any atom is -0.301 e. The van der Waals surface area contributed by atoms with E-state index in [1.807, 2.05) is 0 Å². The third-order valence-electron chi connectivity index (χ3n) is 3.99. The van der Waals surface area contributed by atoms with Crippen LogP contribution in [0.15, 0.2) is 28.1 Å². The largest absolute Gasteiger partial charge is 0.301 e. The molecule has 0 spiro atoms. The zero-order valence-electron chi connectivity index (χ0n) is 12.8. The SMILES string of the molecule is O=C1NC(=NC2CCCCC2)S/C1=C\c1ccc(Cl)c([N+](=O)[O-])c1. The average Bonchev–Trinajstić information content (AvgIpc) is 2.89. The number of rotatable bonds is 3. The van der Waals surface area contributed by atoms with Crippen LogP contribution in [0.3, 0.4) is 0 Å². The molecule has 126 valence electrons. The molecule has 1 saturated heterocycles. The van der Waals surface area contributed by atoms with Crippen molar-refractivity contribution in [3.8, 4) is 0 Å². The molecule has 1 aromatic carbocycles. The molecule has 2 aliphatic rings. The first-order valence-corrected chi connectivity index (χ1v) is 8.95. The highest BCUT2D eigenvalue weighted by Crippen LogP contribution is 2.31. The molecule has 1 aromatic rings. The number of amidine groups is 1. The summed E-state index contributed by atoms with van der Waals surface area (Å²) in [6, 6.07) is 4.74. The molecular weight excluding hydrogens is 350 g/mol. The Kier molecular flexibility index (Phi) is 5.20. The number of benzene rings is 1. The van der Waals surface area contributed by atoms with Crippen LogP contribution in [0.2, 0.25) is 5.02 Å². The van der Waals surface area contributed by atoms with Gasteiger partial charge < -0.3 is 5.32 Å². The Hall–Kier alpha value is -1.86. The number of nitro benzene ring substituents is 1. The molecule has 6 nitrogen and oxygen atoms in total. The summed E-state index contributed by atoms with van der Waals surface area (Å²) < 4.78 is 0. The summed E-state index contributed by atoms with van der Waals surface area (Å²) in [6.45, 7) is 0. The number of hydrogen-bond acceptors (Lipinski definition) is 5. The van der Waals surface area contributed by atoms with Crippen molar-refractivity contribution in [1.29, 1.82) is 0 Å². The van der Waals surface area contributed by atoms with E-state index >= 15 is 0 Å². The maximum Gasteiger partial charge on any atom is 0.288 e. The predicted molar refractivity (Wildman–Crippen MR) is 96.1 cm³/mol. The minimum absolute atomic E-state index is 0.0743. The van der Waals surface area contributed by atoms with Crippen LogP contribution in [0.5, 0.6) is 0 Å². The monoisotopic (exact) mass is 365 g/mol. The molecule has 0 atom stereocenters. The summed E-state index contributed by atoms with van der Waals surface area (Å²) in [6.07, 6.45) is 7.34. The van der Waals surface area contributed by atoms with Crippen molar-refractivity contribution in [1.82, 2.24) is 5.32 Å². The van der Waals surface area contributed by atoms with E-state index in [1.54, 1.807) is 12.1 Å². The van der Waals surface area contributed by atoms with Crippen LogP contribution in [0.4, 0.5) is 5.69 Å². The van der Waals surface area contributed by atoms with E-state index < -0.39 is 4.92 Å². The molecule has 0 radical (unpaired) electrons. The van der Waals surface area contributed by atoms with Gasteiger partial charge in [0.25, 0.3) is 11.6 Å². The van der Waals surface area contributed by atoms with Crippen molar-refractivity contribution < 1.29 is 9.72 Å². The molecule has 0 aromatic heterocycles. The lowest BCUT2D eigenvalue weighted by atomic mass is 9.96. The van der Waals surface area contributed by atoms with Crippen LogP contribution < -0.4 is 5.32 Å². The van der Waals surface area contributed by atoms with Gasteiger partial charge >= 0.3 is 0 Å². The zero-order chi connectivity index (χ0) is 17.1. The van der Waals surface area contributed by atoms with E-state index in [9.17, 15) is 14.9 Å². The van der Waals surface area contributed by atoms with Gasteiger partial charge in [0.2, 0.25) is 0 Å². The predicted octanol–water partition coefficient (Wildman–Crippen LogP) is 4.14. The van der Waals surface area contributed by atoms with Gasteiger partial charge in [-0.3, -0.25) is 19.9 Å². The first kappa shape index (κ1) is 17.0. The van der Waals surface area contributed by atoms with Crippen molar-refractivity contribution in [2.75, 3.05) is 0 Å². The summed E-state index contributed by atoms with van der Waals surface area (Å²) in [5, 5.41) is 14.4. The summed E-state index contributed by atoms with van der Waals surface area (Å²) >= 11 is 7.08. The summed E-state index contributed by atoms with van der Waals surface area (Å²) in [7, 11) is 0. The maximum absolute atomic E-state index is 12.1. The zero-order valence-corrected chi connectivity index (χ0v) is 14.4. The number of thioether (sulfide) groups is 1. The molecule has 1 N–H and O–H groups in total. The quantitative estimate of drug-likeness (QED) is 0.495. The van der Waals surface area contributed by atoms with Crippen molar-refractivity contribution in [3.63, 3.8) is 0 Å². The highest BCUT2D eigenvalue weighted by Gasteiger charge is 2.25. The van der Waals surface area contributed by atoms with Gasteiger partial charge in [0.1, 0.15) is 5.02 Å². The van der Waals surface area contributed by atoms with Gasteiger partial charge in [-0.2, -0.15) is 0 Å². The Morgan fingerprint density at radius 1 is 1.33 bits per heavy atom. The van der Waals surface area contributed by atoms with Gasteiger partial charge in [0, 0.05) is 6.07 Å². The van der Waals surface area contributed by atoms with Crippen molar-refractivity contribution >= 4 is 46.2 Å². The van der Waals surface area contributed by atoms with Crippen LogP contribution in [-0.2, 0) is 4.79 Å². The number of hydrogen-bond donors (Lipinski definition) is 1. The van der Waals surface area contributed by atoms with Crippen LogP contribution >= 0.6 is 23.4 Å². The molecular formula is C16H16ClN3O3S. The smallest absolute Gasteiger partial charge is 0.288 e. The number of carbonyl (C=O) groups is 1. The molecule has 1 amide bonds. The van der Waals surface area contributed by atoms with Gasteiger partial charge in [0.15, 0.2) is 5.17 Å². The van der Waals surface area contributed by atoms with Gasteiger partial charge in [-0.1, -0.05) is 36.9 Å². The fourth-order valence-corrected chi connectivity index (χ4v) is 3.85. The first-order chi connectivity index (χ1) is 11.5. The van der Waals surface area contributed by atoms with E-state index in [0.29, 0.717) is 15.6 Å². The Morgan fingerprint density at radius 2 is 2.08 bits per heavy atom. The fraction of sp³-hybridized carbons (Fsp3) is 0.375. The Balaban J connectivity index is 1.78. The van der Waals surface area contributed by atoms with E-state index in [0.717, 1.165) is 12.8 Å². The molecule has 0 bridgehead atoms. The second-order valence-electron chi connectivity index (χ2n) is 5.76. The van der Waals surface area contributed by atoms with Crippen molar-refractivity contribution in [2.24, 2.45) is 4.99 Å². The molecule has 1 aliphatic heterocycles. The number of nitro groups is 1. The number of halogens is 1. The maximum atomic E-state index is 12.1. The van der Waals surface area contributed by atoms with Gasteiger partial charge in [-0.05, 0) is 42.3 Å². The third kappa shape index (κ3) is 3.96. The average molecular weight is 366 g/mol. The number of nitrogens with zero attached hydrogens (tertiary/aromatic N) is 2. The van der Waals surface area contributed by atoms with Crippen LogP contribution in [0, 0.1) is 10.1 Å². The number of carbonyl (C=O) groups excluding carboxylic acids is 1. The number of aliphatic imine (C=N–C) groups is 1. The first-order valence-electron chi connectivity index (χ1n) is 7.75. The second kappa shape index (κ2) is 7.36. The highest BCUT2D eigenvalue weighted by molar-refractivity contribution is 8.18. The lowest BCUT2D eigenvalue weighted by molar-refractivity contribution is -0.384. The summed E-state index contributed by atoms with van der Waals surface area (Å²) in [5.74, 6) is -0.229. The molecule has 3 rings (SSSR count). The molecule has 1 aliphatic carbocycles. The number of nitrogens with one attached hydrogen (secondary N) is 1. The molecule has 1 heterocycles. The lowest BCUT2D eigenvalue weighted by Crippen LogP contribution is -2.22.